The van der Waals surface area contributed by atoms with E-state index in [2.05, 4.69) is 12.2 Å². The fourth-order valence-electron chi connectivity index (χ4n) is 2.63. The molecule has 0 aliphatic carbocycles. The van der Waals surface area contributed by atoms with Crippen LogP contribution in [0.1, 0.15) is 32.6 Å². The first-order valence-electron chi connectivity index (χ1n) is 5.71. The molecule has 0 spiro atoms. The maximum Gasteiger partial charge on any atom is 0.0510 e. The maximum atomic E-state index is 5.44. The fourth-order valence-corrected chi connectivity index (χ4v) is 2.63. The molecule has 13 heavy (non-hydrogen) atoms. The predicted molar refractivity (Wildman–Crippen MR) is 53.7 cm³/mol. The summed E-state index contributed by atoms with van der Waals surface area (Å²) in [7, 11) is 0. The van der Waals surface area contributed by atoms with Gasteiger partial charge in [-0.05, 0) is 37.6 Å². The molecule has 3 atom stereocenters. The van der Waals surface area contributed by atoms with Gasteiger partial charge in [0.2, 0.25) is 0 Å². The van der Waals surface area contributed by atoms with Gasteiger partial charge in [0.05, 0.1) is 6.61 Å². The first-order valence-corrected chi connectivity index (χ1v) is 5.71. The second-order valence-corrected chi connectivity index (χ2v) is 4.48. The maximum absolute atomic E-state index is 5.44. The van der Waals surface area contributed by atoms with Crippen LogP contribution in [0.4, 0.5) is 0 Å². The van der Waals surface area contributed by atoms with Crippen LogP contribution in [-0.4, -0.2) is 25.8 Å². The van der Waals surface area contributed by atoms with Crippen molar-refractivity contribution >= 4 is 0 Å². The van der Waals surface area contributed by atoms with Crippen LogP contribution in [0.5, 0.6) is 0 Å². The zero-order chi connectivity index (χ0) is 9.10. The van der Waals surface area contributed by atoms with E-state index in [-0.39, 0.29) is 0 Å². The molecule has 0 bridgehead atoms. The number of rotatable bonds is 2. The lowest BCUT2D eigenvalue weighted by atomic mass is 9.84. The van der Waals surface area contributed by atoms with Crippen LogP contribution in [0.15, 0.2) is 0 Å². The van der Waals surface area contributed by atoms with E-state index < -0.39 is 0 Å². The molecule has 2 rings (SSSR count). The van der Waals surface area contributed by atoms with Gasteiger partial charge in [0.1, 0.15) is 0 Å². The van der Waals surface area contributed by atoms with E-state index >= 15 is 0 Å². The molecule has 2 aliphatic heterocycles. The minimum Gasteiger partial charge on any atom is -0.381 e. The van der Waals surface area contributed by atoms with E-state index in [0.29, 0.717) is 0 Å². The van der Waals surface area contributed by atoms with Gasteiger partial charge in [-0.2, -0.15) is 0 Å². The van der Waals surface area contributed by atoms with Gasteiger partial charge in [0, 0.05) is 12.6 Å². The highest BCUT2D eigenvalue weighted by Gasteiger charge is 2.29. The Balaban J connectivity index is 1.84. The van der Waals surface area contributed by atoms with Gasteiger partial charge in [0.25, 0.3) is 0 Å². The summed E-state index contributed by atoms with van der Waals surface area (Å²) < 4.78 is 5.44. The number of hydrogen-bond acceptors (Lipinski definition) is 2. The molecule has 3 unspecified atom stereocenters. The van der Waals surface area contributed by atoms with Crippen molar-refractivity contribution in [2.45, 2.75) is 38.6 Å². The third-order valence-electron chi connectivity index (χ3n) is 3.66. The zero-order valence-corrected chi connectivity index (χ0v) is 8.59. The molecule has 0 saturated carbocycles. The van der Waals surface area contributed by atoms with Crippen molar-refractivity contribution < 1.29 is 4.74 Å². The molecule has 0 radical (unpaired) electrons. The van der Waals surface area contributed by atoms with E-state index in [4.69, 9.17) is 4.74 Å². The van der Waals surface area contributed by atoms with Crippen LogP contribution in [-0.2, 0) is 4.74 Å². The van der Waals surface area contributed by atoms with Crippen molar-refractivity contribution in [2.24, 2.45) is 11.8 Å². The van der Waals surface area contributed by atoms with E-state index in [0.717, 1.165) is 31.1 Å². The normalized spacial score (nSPS) is 40.8. The highest BCUT2D eigenvalue weighted by molar-refractivity contribution is 4.85. The van der Waals surface area contributed by atoms with E-state index in [1.807, 2.05) is 0 Å². The molecule has 76 valence electrons. The topological polar surface area (TPSA) is 21.3 Å². The number of hydrogen-bond donors (Lipinski definition) is 1. The average Bonchev–Trinajstić information content (AvgIpc) is 2.71. The summed E-state index contributed by atoms with van der Waals surface area (Å²) in [6.45, 7) is 5.52. The lowest BCUT2D eigenvalue weighted by molar-refractivity contribution is 0.162. The third kappa shape index (κ3) is 2.23. The molecule has 0 aromatic carbocycles. The first kappa shape index (κ1) is 9.47. The van der Waals surface area contributed by atoms with Gasteiger partial charge in [0.15, 0.2) is 0 Å². The average molecular weight is 183 g/mol. The molecule has 2 heteroatoms. The molecule has 0 amide bonds. The van der Waals surface area contributed by atoms with Crippen molar-refractivity contribution in [3.8, 4) is 0 Å². The van der Waals surface area contributed by atoms with Crippen LogP contribution >= 0.6 is 0 Å². The van der Waals surface area contributed by atoms with Gasteiger partial charge in [-0.25, -0.2) is 0 Å². The molecule has 1 N–H and O–H groups in total. The van der Waals surface area contributed by atoms with Crippen LogP contribution < -0.4 is 5.32 Å². The molecular weight excluding hydrogens is 162 g/mol. The number of nitrogens with one attached hydrogen (secondary N) is 1. The van der Waals surface area contributed by atoms with Crippen molar-refractivity contribution in [1.82, 2.24) is 5.32 Å². The Hall–Kier alpha value is -0.0800. The molecule has 0 aromatic rings. The van der Waals surface area contributed by atoms with Crippen molar-refractivity contribution in [3.05, 3.63) is 0 Å². The monoisotopic (exact) mass is 183 g/mol. The number of piperidine rings is 1. The molecule has 2 heterocycles. The molecule has 2 fully saturated rings. The summed E-state index contributed by atoms with van der Waals surface area (Å²) in [5.74, 6) is 1.76. The highest BCUT2D eigenvalue weighted by Crippen LogP contribution is 2.27. The second-order valence-electron chi connectivity index (χ2n) is 4.48. The smallest absolute Gasteiger partial charge is 0.0510 e. The second kappa shape index (κ2) is 4.43. The molecule has 0 aromatic heterocycles. The standard InChI is InChI=1S/C11H21NO/c1-2-9-3-5-12-11(7-9)10-4-6-13-8-10/h9-12H,2-8H2,1H3. The van der Waals surface area contributed by atoms with E-state index in [1.54, 1.807) is 0 Å². The third-order valence-corrected chi connectivity index (χ3v) is 3.66. The Morgan fingerprint density at radius 3 is 3.00 bits per heavy atom. The summed E-state index contributed by atoms with van der Waals surface area (Å²) in [6, 6.07) is 0.751. The molecular formula is C11H21NO. The molecule has 2 aliphatic rings. The summed E-state index contributed by atoms with van der Waals surface area (Å²) >= 11 is 0. The highest BCUT2D eigenvalue weighted by atomic mass is 16.5. The minimum absolute atomic E-state index is 0.751. The fraction of sp³-hybridized carbons (Fsp3) is 1.00. The van der Waals surface area contributed by atoms with Gasteiger partial charge in [-0.15, -0.1) is 0 Å². The van der Waals surface area contributed by atoms with Gasteiger partial charge in [-0.3, -0.25) is 0 Å². The SMILES string of the molecule is CCC1CCNC(C2CCOC2)C1. The van der Waals surface area contributed by atoms with Crippen LogP contribution in [0.3, 0.4) is 0 Å². The Bertz CT molecular complexity index is 154. The Labute approximate surface area is 81.0 Å². The van der Waals surface area contributed by atoms with E-state index in [1.165, 1.54) is 32.2 Å². The predicted octanol–water partition coefficient (Wildman–Crippen LogP) is 1.80. The summed E-state index contributed by atoms with van der Waals surface area (Å²) in [4.78, 5) is 0. The minimum atomic E-state index is 0.751. The van der Waals surface area contributed by atoms with Gasteiger partial charge < -0.3 is 10.1 Å². The lowest BCUT2D eigenvalue weighted by Gasteiger charge is -2.33. The van der Waals surface area contributed by atoms with Crippen molar-refractivity contribution in [3.63, 3.8) is 0 Å². The Morgan fingerprint density at radius 2 is 2.31 bits per heavy atom. The van der Waals surface area contributed by atoms with Gasteiger partial charge >= 0.3 is 0 Å². The quantitative estimate of drug-likeness (QED) is 0.705. The summed E-state index contributed by atoms with van der Waals surface area (Å²) in [6.07, 6.45) is 5.38. The first-order chi connectivity index (χ1) is 6.40. The summed E-state index contributed by atoms with van der Waals surface area (Å²) in [5.41, 5.74) is 0. The number of ether oxygens (including phenoxy) is 1. The zero-order valence-electron chi connectivity index (χ0n) is 8.59. The van der Waals surface area contributed by atoms with Crippen LogP contribution in [0.2, 0.25) is 0 Å². The summed E-state index contributed by atoms with van der Waals surface area (Å²) in [5, 5.41) is 3.65. The van der Waals surface area contributed by atoms with Gasteiger partial charge in [-0.1, -0.05) is 13.3 Å². The lowest BCUT2D eigenvalue weighted by Crippen LogP contribution is -2.43. The van der Waals surface area contributed by atoms with Crippen molar-refractivity contribution in [1.29, 1.82) is 0 Å². The van der Waals surface area contributed by atoms with Crippen LogP contribution in [0.25, 0.3) is 0 Å². The Morgan fingerprint density at radius 1 is 1.38 bits per heavy atom. The van der Waals surface area contributed by atoms with Crippen LogP contribution in [0, 0.1) is 11.8 Å². The van der Waals surface area contributed by atoms with E-state index in [9.17, 15) is 0 Å². The molecule has 2 saturated heterocycles. The Kier molecular flexibility index (Phi) is 3.23. The molecule has 2 nitrogen and oxygen atoms in total. The van der Waals surface area contributed by atoms with Crippen molar-refractivity contribution in [2.75, 3.05) is 19.8 Å². The largest absolute Gasteiger partial charge is 0.381 e.